The minimum Gasteiger partial charge on any atom is -0.317 e. The van der Waals surface area contributed by atoms with Crippen LogP contribution in [0.4, 0.5) is 0 Å². The maximum atomic E-state index is 4.52. The van der Waals surface area contributed by atoms with Gasteiger partial charge in [-0.1, -0.05) is 28.1 Å². The van der Waals surface area contributed by atoms with Crippen molar-refractivity contribution in [2.45, 2.75) is 18.9 Å². The van der Waals surface area contributed by atoms with Crippen molar-refractivity contribution in [2.75, 3.05) is 13.1 Å². The van der Waals surface area contributed by atoms with E-state index in [9.17, 15) is 0 Å². The average molecular weight is 306 g/mol. The second-order valence-electron chi connectivity index (χ2n) is 4.70. The van der Waals surface area contributed by atoms with Gasteiger partial charge in [-0.15, -0.1) is 0 Å². The Labute approximate surface area is 115 Å². The lowest BCUT2D eigenvalue weighted by Gasteiger charge is -2.22. The molecular formula is C14H16BrN3. The summed E-state index contributed by atoms with van der Waals surface area (Å²) in [7, 11) is 0. The standard InChI is InChI=1S/C14H16BrN3/c15-13-3-1-11(2-4-13)12-9-17-18(10-12)14-5-7-16-8-6-14/h1-4,9-10,14,16H,5-8H2. The fourth-order valence-corrected chi connectivity index (χ4v) is 2.66. The molecule has 0 spiro atoms. The highest BCUT2D eigenvalue weighted by atomic mass is 79.9. The number of piperidine rings is 1. The van der Waals surface area contributed by atoms with Gasteiger partial charge in [-0.3, -0.25) is 4.68 Å². The summed E-state index contributed by atoms with van der Waals surface area (Å²) in [5.74, 6) is 0. The molecule has 1 aromatic carbocycles. The van der Waals surface area contributed by atoms with Crippen molar-refractivity contribution < 1.29 is 0 Å². The van der Waals surface area contributed by atoms with Crippen LogP contribution in [0.2, 0.25) is 0 Å². The highest BCUT2D eigenvalue weighted by molar-refractivity contribution is 9.10. The van der Waals surface area contributed by atoms with E-state index in [-0.39, 0.29) is 0 Å². The van der Waals surface area contributed by atoms with Gasteiger partial charge in [-0.25, -0.2) is 0 Å². The molecule has 1 aromatic heterocycles. The highest BCUT2D eigenvalue weighted by Crippen LogP contribution is 2.24. The molecule has 2 heterocycles. The second kappa shape index (κ2) is 5.24. The minimum absolute atomic E-state index is 0.551. The Kier molecular flexibility index (Phi) is 3.48. The molecule has 0 aliphatic carbocycles. The topological polar surface area (TPSA) is 29.9 Å². The summed E-state index contributed by atoms with van der Waals surface area (Å²) in [5.41, 5.74) is 2.42. The van der Waals surface area contributed by atoms with Crippen molar-refractivity contribution in [3.8, 4) is 11.1 Å². The lowest BCUT2D eigenvalue weighted by molar-refractivity contribution is 0.343. The molecule has 1 aliphatic heterocycles. The normalized spacial score (nSPS) is 16.9. The van der Waals surface area contributed by atoms with E-state index in [1.807, 2.05) is 6.20 Å². The van der Waals surface area contributed by atoms with Gasteiger partial charge >= 0.3 is 0 Å². The molecule has 0 bridgehead atoms. The summed E-state index contributed by atoms with van der Waals surface area (Å²) >= 11 is 3.46. The maximum Gasteiger partial charge on any atom is 0.0568 e. The Bertz CT molecular complexity index is 512. The van der Waals surface area contributed by atoms with E-state index in [1.54, 1.807) is 0 Å². The first-order valence-corrected chi connectivity index (χ1v) is 7.13. The van der Waals surface area contributed by atoms with Crippen molar-refractivity contribution in [1.82, 2.24) is 15.1 Å². The predicted octanol–water partition coefficient (Wildman–Crippen LogP) is 3.24. The van der Waals surface area contributed by atoms with Gasteiger partial charge in [-0.05, 0) is 43.6 Å². The molecule has 94 valence electrons. The smallest absolute Gasteiger partial charge is 0.0568 e. The molecule has 1 saturated heterocycles. The number of halogens is 1. The van der Waals surface area contributed by atoms with Crippen LogP contribution >= 0.6 is 15.9 Å². The third-order valence-corrected chi connectivity index (χ3v) is 3.99. The molecule has 0 unspecified atom stereocenters. The van der Waals surface area contributed by atoms with Crippen molar-refractivity contribution in [2.24, 2.45) is 0 Å². The maximum absolute atomic E-state index is 4.52. The number of benzene rings is 1. The van der Waals surface area contributed by atoms with Crippen LogP contribution < -0.4 is 5.32 Å². The first kappa shape index (κ1) is 11.9. The lowest BCUT2D eigenvalue weighted by atomic mass is 10.1. The molecular weight excluding hydrogens is 290 g/mol. The average Bonchev–Trinajstić information content (AvgIpc) is 2.90. The molecule has 1 fully saturated rings. The highest BCUT2D eigenvalue weighted by Gasteiger charge is 2.15. The van der Waals surface area contributed by atoms with Gasteiger partial charge in [0.15, 0.2) is 0 Å². The van der Waals surface area contributed by atoms with Gasteiger partial charge in [0, 0.05) is 16.2 Å². The summed E-state index contributed by atoms with van der Waals surface area (Å²) in [4.78, 5) is 0. The third kappa shape index (κ3) is 2.49. The molecule has 3 rings (SSSR count). The molecule has 2 aromatic rings. The first-order chi connectivity index (χ1) is 8.83. The molecule has 0 atom stereocenters. The molecule has 0 amide bonds. The quantitative estimate of drug-likeness (QED) is 0.923. The Morgan fingerprint density at radius 2 is 1.83 bits per heavy atom. The van der Waals surface area contributed by atoms with Crippen molar-refractivity contribution in [1.29, 1.82) is 0 Å². The van der Waals surface area contributed by atoms with E-state index in [0.717, 1.165) is 17.6 Å². The van der Waals surface area contributed by atoms with E-state index in [0.29, 0.717) is 6.04 Å². The Balaban J connectivity index is 1.82. The fourth-order valence-electron chi connectivity index (χ4n) is 2.40. The zero-order valence-corrected chi connectivity index (χ0v) is 11.7. The summed E-state index contributed by atoms with van der Waals surface area (Å²) in [6.07, 6.45) is 6.47. The molecule has 1 N–H and O–H groups in total. The van der Waals surface area contributed by atoms with Crippen LogP contribution in [0.1, 0.15) is 18.9 Å². The van der Waals surface area contributed by atoms with Gasteiger partial charge in [0.05, 0.1) is 12.2 Å². The van der Waals surface area contributed by atoms with Gasteiger partial charge in [0.1, 0.15) is 0 Å². The van der Waals surface area contributed by atoms with Crippen LogP contribution in [-0.4, -0.2) is 22.9 Å². The van der Waals surface area contributed by atoms with E-state index in [4.69, 9.17) is 0 Å². The Morgan fingerprint density at radius 3 is 2.56 bits per heavy atom. The van der Waals surface area contributed by atoms with Crippen LogP contribution in [0, 0.1) is 0 Å². The van der Waals surface area contributed by atoms with Crippen LogP contribution in [0.15, 0.2) is 41.1 Å². The number of nitrogens with one attached hydrogen (secondary N) is 1. The Morgan fingerprint density at radius 1 is 1.11 bits per heavy atom. The number of hydrogen-bond acceptors (Lipinski definition) is 2. The van der Waals surface area contributed by atoms with Gasteiger partial charge in [-0.2, -0.15) is 5.10 Å². The molecule has 3 nitrogen and oxygen atoms in total. The van der Waals surface area contributed by atoms with Crippen LogP contribution in [0.3, 0.4) is 0 Å². The minimum atomic E-state index is 0.551. The zero-order valence-electron chi connectivity index (χ0n) is 10.1. The monoisotopic (exact) mass is 305 g/mol. The number of hydrogen-bond donors (Lipinski definition) is 1. The summed E-state index contributed by atoms with van der Waals surface area (Å²) in [6, 6.07) is 8.92. The van der Waals surface area contributed by atoms with Crippen LogP contribution in [0.5, 0.6) is 0 Å². The largest absolute Gasteiger partial charge is 0.317 e. The lowest BCUT2D eigenvalue weighted by Crippen LogP contribution is -2.29. The first-order valence-electron chi connectivity index (χ1n) is 6.34. The zero-order chi connectivity index (χ0) is 12.4. The second-order valence-corrected chi connectivity index (χ2v) is 5.61. The van der Waals surface area contributed by atoms with E-state index in [1.165, 1.54) is 24.0 Å². The van der Waals surface area contributed by atoms with Crippen molar-refractivity contribution >= 4 is 15.9 Å². The summed E-state index contributed by atoms with van der Waals surface area (Å²) in [5, 5.41) is 7.90. The molecule has 18 heavy (non-hydrogen) atoms. The van der Waals surface area contributed by atoms with E-state index in [2.05, 4.69) is 61.5 Å². The molecule has 4 heteroatoms. The van der Waals surface area contributed by atoms with E-state index >= 15 is 0 Å². The molecule has 0 saturated carbocycles. The van der Waals surface area contributed by atoms with Crippen molar-refractivity contribution in [3.63, 3.8) is 0 Å². The van der Waals surface area contributed by atoms with E-state index < -0.39 is 0 Å². The van der Waals surface area contributed by atoms with Gasteiger partial charge in [0.25, 0.3) is 0 Å². The molecule has 0 radical (unpaired) electrons. The Hall–Kier alpha value is -1.13. The third-order valence-electron chi connectivity index (χ3n) is 3.46. The van der Waals surface area contributed by atoms with Crippen LogP contribution in [-0.2, 0) is 0 Å². The van der Waals surface area contributed by atoms with Gasteiger partial charge < -0.3 is 5.32 Å². The molecule has 1 aliphatic rings. The number of nitrogens with zero attached hydrogens (tertiary/aromatic N) is 2. The van der Waals surface area contributed by atoms with Gasteiger partial charge in [0.2, 0.25) is 0 Å². The number of aromatic nitrogens is 2. The predicted molar refractivity (Wildman–Crippen MR) is 76.5 cm³/mol. The fraction of sp³-hybridized carbons (Fsp3) is 0.357. The van der Waals surface area contributed by atoms with Crippen molar-refractivity contribution in [3.05, 3.63) is 41.1 Å². The summed E-state index contributed by atoms with van der Waals surface area (Å²) in [6.45, 7) is 2.19. The number of rotatable bonds is 2. The summed E-state index contributed by atoms with van der Waals surface area (Å²) < 4.78 is 3.23. The SMILES string of the molecule is Brc1ccc(-c2cnn(C3CCNCC3)c2)cc1. The van der Waals surface area contributed by atoms with Crippen LogP contribution in [0.25, 0.3) is 11.1 Å².